The lowest BCUT2D eigenvalue weighted by Crippen LogP contribution is -2.39. The van der Waals surface area contributed by atoms with Gasteiger partial charge in [0, 0.05) is 37.3 Å². The third-order valence-electron chi connectivity index (χ3n) is 5.60. The molecular weight excluding hydrogens is 396 g/mol. The summed E-state index contributed by atoms with van der Waals surface area (Å²) >= 11 is 0. The number of ether oxygens (including phenoxy) is 1. The van der Waals surface area contributed by atoms with Gasteiger partial charge in [0.15, 0.2) is 0 Å². The Hall–Kier alpha value is -2.81. The zero-order valence-corrected chi connectivity index (χ0v) is 16.5. The molecule has 1 aromatic carbocycles. The second-order valence-electron chi connectivity index (χ2n) is 7.90. The van der Waals surface area contributed by atoms with Crippen molar-refractivity contribution in [3.63, 3.8) is 0 Å². The quantitative estimate of drug-likeness (QED) is 0.652. The molecule has 4 rings (SSSR count). The Morgan fingerprint density at radius 3 is 2.80 bits per heavy atom. The van der Waals surface area contributed by atoms with E-state index in [1.54, 1.807) is 0 Å². The SMILES string of the molecule is COCc1cc(C(=O)NCC(NC(=O)[C@@H]2C[C@H]2C2CC2)c2ccc(F)cc2F)on1. The molecule has 2 aromatic rings. The van der Waals surface area contributed by atoms with Gasteiger partial charge in [-0.3, -0.25) is 9.59 Å². The van der Waals surface area contributed by atoms with Crippen LogP contribution in [0, 0.1) is 29.4 Å². The lowest BCUT2D eigenvalue weighted by molar-refractivity contribution is -0.123. The van der Waals surface area contributed by atoms with Gasteiger partial charge in [-0.25, -0.2) is 8.78 Å². The molecule has 30 heavy (non-hydrogen) atoms. The Labute approximate surface area is 172 Å². The van der Waals surface area contributed by atoms with Crippen LogP contribution in [0.25, 0.3) is 0 Å². The second-order valence-corrected chi connectivity index (χ2v) is 7.90. The molecule has 1 unspecified atom stereocenters. The van der Waals surface area contributed by atoms with Gasteiger partial charge in [0.05, 0.1) is 12.6 Å². The first-order valence-corrected chi connectivity index (χ1v) is 9.94. The normalized spacial score (nSPS) is 21.2. The van der Waals surface area contributed by atoms with Crippen LogP contribution in [0.5, 0.6) is 0 Å². The summed E-state index contributed by atoms with van der Waals surface area (Å²) in [6.07, 6.45) is 3.15. The van der Waals surface area contributed by atoms with E-state index in [4.69, 9.17) is 9.26 Å². The van der Waals surface area contributed by atoms with E-state index in [1.165, 1.54) is 19.2 Å². The summed E-state index contributed by atoms with van der Waals surface area (Å²) in [4.78, 5) is 25.0. The molecule has 2 fully saturated rings. The number of carbonyl (C=O) groups excluding carboxylic acids is 2. The Balaban J connectivity index is 1.43. The number of benzene rings is 1. The molecule has 0 spiro atoms. The maximum Gasteiger partial charge on any atom is 0.289 e. The summed E-state index contributed by atoms with van der Waals surface area (Å²) in [6.45, 7) is 0.105. The molecule has 3 atom stereocenters. The van der Waals surface area contributed by atoms with Gasteiger partial charge >= 0.3 is 0 Å². The van der Waals surface area contributed by atoms with Crippen LogP contribution >= 0.6 is 0 Å². The minimum absolute atomic E-state index is 0.0253. The van der Waals surface area contributed by atoms with Gasteiger partial charge in [0.25, 0.3) is 5.91 Å². The molecule has 160 valence electrons. The van der Waals surface area contributed by atoms with E-state index in [0.29, 0.717) is 17.5 Å². The first-order valence-electron chi connectivity index (χ1n) is 9.94. The lowest BCUT2D eigenvalue weighted by atomic mass is 10.0. The van der Waals surface area contributed by atoms with E-state index >= 15 is 0 Å². The van der Waals surface area contributed by atoms with Crippen molar-refractivity contribution in [3.8, 4) is 0 Å². The van der Waals surface area contributed by atoms with E-state index in [-0.39, 0.29) is 36.3 Å². The second kappa shape index (κ2) is 8.51. The van der Waals surface area contributed by atoms with E-state index in [0.717, 1.165) is 31.4 Å². The highest BCUT2D eigenvalue weighted by Gasteiger charge is 2.51. The highest BCUT2D eigenvalue weighted by atomic mass is 19.1. The third kappa shape index (κ3) is 4.67. The van der Waals surface area contributed by atoms with Crippen LogP contribution in [0.3, 0.4) is 0 Å². The van der Waals surface area contributed by atoms with Crippen molar-refractivity contribution in [1.29, 1.82) is 0 Å². The summed E-state index contributed by atoms with van der Waals surface area (Å²) in [7, 11) is 1.49. The van der Waals surface area contributed by atoms with Gasteiger partial charge in [0.2, 0.25) is 11.7 Å². The summed E-state index contributed by atoms with van der Waals surface area (Å²) in [5.41, 5.74) is 0.559. The molecule has 2 N–H and O–H groups in total. The molecule has 9 heteroatoms. The molecule has 0 radical (unpaired) electrons. The number of methoxy groups -OCH3 is 1. The van der Waals surface area contributed by atoms with Crippen molar-refractivity contribution in [1.82, 2.24) is 15.8 Å². The largest absolute Gasteiger partial charge is 0.378 e. The maximum absolute atomic E-state index is 14.4. The van der Waals surface area contributed by atoms with Crippen LogP contribution in [-0.2, 0) is 16.1 Å². The van der Waals surface area contributed by atoms with E-state index < -0.39 is 23.6 Å². The van der Waals surface area contributed by atoms with Crippen molar-refractivity contribution in [2.45, 2.75) is 31.9 Å². The van der Waals surface area contributed by atoms with Crippen LogP contribution < -0.4 is 10.6 Å². The smallest absolute Gasteiger partial charge is 0.289 e. The first-order chi connectivity index (χ1) is 14.5. The Kier molecular flexibility index (Phi) is 5.80. The van der Waals surface area contributed by atoms with Crippen LogP contribution in [0.2, 0.25) is 0 Å². The molecule has 1 heterocycles. The highest BCUT2D eigenvalue weighted by Crippen LogP contribution is 2.54. The number of halogens is 2. The zero-order valence-electron chi connectivity index (χ0n) is 16.5. The highest BCUT2D eigenvalue weighted by molar-refractivity contribution is 5.91. The monoisotopic (exact) mass is 419 g/mol. The molecule has 2 aliphatic carbocycles. The third-order valence-corrected chi connectivity index (χ3v) is 5.60. The number of hydrogen-bond acceptors (Lipinski definition) is 5. The summed E-state index contributed by atoms with van der Waals surface area (Å²) in [6, 6.07) is 3.75. The van der Waals surface area contributed by atoms with Gasteiger partial charge in [-0.2, -0.15) is 0 Å². The van der Waals surface area contributed by atoms with Crippen molar-refractivity contribution in [2.24, 2.45) is 17.8 Å². The fraction of sp³-hybridized carbons (Fsp3) is 0.476. The zero-order chi connectivity index (χ0) is 21.3. The summed E-state index contributed by atoms with van der Waals surface area (Å²) in [5.74, 6) is -1.32. The van der Waals surface area contributed by atoms with Crippen LogP contribution in [0.15, 0.2) is 28.8 Å². The molecule has 0 bridgehead atoms. The average Bonchev–Trinajstić information content (AvgIpc) is 3.62. The van der Waals surface area contributed by atoms with Gasteiger partial charge < -0.3 is 19.9 Å². The van der Waals surface area contributed by atoms with Crippen LogP contribution in [0.1, 0.15) is 47.1 Å². The number of aromatic nitrogens is 1. The fourth-order valence-corrected chi connectivity index (χ4v) is 3.78. The van der Waals surface area contributed by atoms with Crippen LogP contribution in [-0.4, -0.2) is 30.6 Å². The van der Waals surface area contributed by atoms with Gasteiger partial charge in [-0.15, -0.1) is 0 Å². The van der Waals surface area contributed by atoms with E-state index in [9.17, 15) is 18.4 Å². The number of rotatable bonds is 9. The number of amides is 2. The van der Waals surface area contributed by atoms with Crippen molar-refractivity contribution in [3.05, 3.63) is 52.9 Å². The van der Waals surface area contributed by atoms with Crippen molar-refractivity contribution >= 4 is 11.8 Å². The Bertz CT molecular complexity index is 944. The van der Waals surface area contributed by atoms with E-state index in [1.807, 2.05) is 0 Å². The Morgan fingerprint density at radius 2 is 2.10 bits per heavy atom. The van der Waals surface area contributed by atoms with Crippen LogP contribution in [0.4, 0.5) is 8.78 Å². The number of nitrogens with zero attached hydrogens (tertiary/aromatic N) is 1. The predicted molar refractivity (Wildman–Crippen MR) is 101 cm³/mol. The Morgan fingerprint density at radius 1 is 1.30 bits per heavy atom. The van der Waals surface area contributed by atoms with Gasteiger partial charge in [-0.1, -0.05) is 11.2 Å². The predicted octanol–water partition coefficient (Wildman–Crippen LogP) is 2.73. The molecule has 1 aromatic heterocycles. The van der Waals surface area contributed by atoms with Crippen molar-refractivity contribution < 1.29 is 27.6 Å². The number of carbonyl (C=O) groups is 2. The minimum atomic E-state index is -0.844. The number of hydrogen-bond donors (Lipinski definition) is 2. The average molecular weight is 419 g/mol. The van der Waals surface area contributed by atoms with Gasteiger partial charge in [-0.05, 0) is 37.2 Å². The minimum Gasteiger partial charge on any atom is -0.378 e. The molecule has 2 amide bonds. The molecule has 2 aliphatic rings. The fourth-order valence-electron chi connectivity index (χ4n) is 3.78. The molecule has 2 saturated carbocycles. The molecule has 0 saturated heterocycles. The van der Waals surface area contributed by atoms with E-state index in [2.05, 4.69) is 15.8 Å². The topological polar surface area (TPSA) is 93.5 Å². The first kappa shape index (κ1) is 20.5. The molecular formula is C21H23F2N3O4. The summed E-state index contributed by atoms with van der Waals surface area (Å²) in [5, 5.41) is 9.15. The van der Waals surface area contributed by atoms with Gasteiger partial charge in [0.1, 0.15) is 17.3 Å². The molecule has 7 nitrogen and oxygen atoms in total. The number of nitrogens with one attached hydrogen (secondary N) is 2. The summed E-state index contributed by atoms with van der Waals surface area (Å²) < 4.78 is 37.6. The maximum atomic E-state index is 14.4. The van der Waals surface area contributed by atoms with Crippen molar-refractivity contribution in [2.75, 3.05) is 13.7 Å². The molecule has 0 aliphatic heterocycles. The lowest BCUT2D eigenvalue weighted by Gasteiger charge is -2.20. The standard InChI is InChI=1S/C21H23F2N3O4/c1-29-10-13-7-19(30-26-13)21(28)24-9-18(14-5-4-12(22)6-17(14)23)25-20(27)16-8-15(16)11-2-3-11/h4-7,11,15-16,18H,2-3,8-10H2,1H3,(H,24,28)(H,25,27)/t15-,16+,18?/m0/s1.